The molecule has 0 aromatic rings. The molecule has 1 saturated carbocycles. The van der Waals surface area contributed by atoms with Crippen LogP contribution in [0, 0.1) is 17.8 Å². The summed E-state index contributed by atoms with van der Waals surface area (Å²) in [5.74, 6) is 2.68. The Hall–Kier alpha value is 0.210. The van der Waals surface area contributed by atoms with Gasteiger partial charge in [0.25, 0.3) is 0 Å². The molecule has 4 unspecified atom stereocenters. The Morgan fingerprint density at radius 3 is 2.47 bits per heavy atom. The van der Waals surface area contributed by atoms with E-state index in [4.69, 9.17) is 5.73 Å². The van der Waals surface area contributed by atoms with Crippen molar-refractivity contribution in [2.75, 3.05) is 19.6 Å². The summed E-state index contributed by atoms with van der Waals surface area (Å²) in [5, 5.41) is 0. The molecular weight excluding hydrogens is 232 g/mol. The molecule has 2 N–H and O–H groups in total. The zero-order valence-electron chi connectivity index (χ0n) is 11.4. The molecule has 0 amide bonds. The molecule has 0 aromatic heterocycles. The van der Waals surface area contributed by atoms with E-state index in [2.05, 4.69) is 18.7 Å². The van der Waals surface area contributed by atoms with Crippen LogP contribution in [0.4, 0.5) is 0 Å². The van der Waals surface area contributed by atoms with Crippen LogP contribution in [-0.2, 0) is 0 Å². The maximum absolute atomic E-state index is 5.79. The maximum atomic E-state index is 5.79. The van der Waals surface area contributed by atoms with E-state index in [1.54, 1.807) is 0 Å². The summed E-state index contributed by atoms with van der Waals surface area (Å²) in [5.41, 5.74) is 5.79. The van der Waals surface area contributed by atoms with Crippen molar-refractivity contribution in [3.8, 4) is 0 Å². The first-order valence-electron chi connectivity index (χ1n) is 7.13. The largest absolute Gasteiger partial charge is 0.330 e. The lowest BCUT2D eigenvalue weighted by atomic mass is 9.82. The van der Waals surface area contributed by atoms with Crippen LogP contribution in [0.3, 0.4) is 0 Å². The Labute approximate surface area is 113 Å². The van der Waals surface area contributed by atoms with Gasteiger partial charge in [0.05, 0.1) is 0 Å². The number of hydrogen-bond donors (Lipinski definition) is 1. The van der Waals surface area contributed by atoms with Crippen molar-refractivity contribution < 1.29 is 0 Å². The Balaban J connectivity index is 0.00000144. The van der Waals surface area contributed by atoms with Gasteiger partial charge >= 0.3 is 0 Å². The van der Waals surface area contributed by atoms with Gasteiger partial charge in [-0.1, -0.05) is 19.8 Å². The summed E-state index contributed by atoms with van der Waals surface area (Å²) in [6.07, 6.45) is 7.14. The van der Waals surface area contributed by atoms with E-state index in [1.165, 1.54) is 45.2 Å². The summed E-state index contributed by atoms with van der Waals surface area (Å²) >= 11 is 0. The fraction of sp³-hybridized carbons (Fsp3) is 1.00. The van der Waals surface area contributed by atoms with E-state index >= 15 is 0 Å². The van der Waals surface area contributed by atoms with Crippen molar-refractivity contribution in [3.05, 3.63) is 0 Å². The molecule has 0 bridgehead atoms. The molecule has 0 radical (unpaired) electrons. The summed E-state index contributed by atoms with van der Waals surface area (Å²) in [7, 11) is 0. The predicted octanol–water partition coefficient (Wildman–Crippen LogP) is 2.90. The van der Waals surface area contributed by atoms with E-state index in [9.17, 15) is 0 Å². The van der Waals surface area contributed by atoms with Gasteiger partial charge in [0.2, 0.25) is 0 Å². The Morgan fingerprint density at radius 2 is 1.88 bits per heavy atom. The first-order valence-corrected chi connectivity index (χ1v) is 7.13. The zero-order chi connectivity index (χ0) is 11.5. The molecule has 0 spiro atoms. The number of nitrogens with two attached hydrogens (primary N) is 1. The number of rotatable bonds is 3. The molecule has 2 fully saturated rings. The molecule has 2 aliphatic rings. The first kappa shape index (κ1) is 15.3. The quantitative estimate of drug-likeness (QED) is 0.846. The minimum absolute atomic E-state index is 0. The summed E-state index contributed by atoms with van der Waals surface area (Å²) in [6, 6.07) is 0.769. The van der Waals surface area contributed by atoms with Crippen LogP contribution in [0.2, 0.25) is 0 Å². The molecule has 1 saturated heterocycles. The van der Waals surface area contributed by atoms with Gasteiger partial charge in [0.15, 0.2) is 0 Å². The van der Waals surface area contributed by atoms with Crippen molar-refractivity contribution in [2.24, 2.45) is 23.5 Å². The van der Waals surface area contributed by atoms with Gasteiger partial charge in [-0.25, -0.2) is 0 Å². The molecule has 1 aliphatic carbocycles. The van der Waals surface area contributed by atoms with E-state index in [-0.39, 0.29) is 12.4 Å². The lowest BCUT2D eigenvalue weighted by Crippen LogP contribution is -2.34. The van der Waals surface area contributed by atoms with Crippen molar-refractivity contribution in [2.45, 2.75) is 52.0 Å². The molecule has 102 valence electrons. The second-order valence-electron chi connectivity index (χ2n) is 6.28. The Morgan fingerprint density at radius 1 is 1.12 bits per heavy atom. The number of nitrogens with zero attached hydrogens (tertiary/aromatic N) is 1. The molecule has 3 heteroatoms. The average molecular weight is 261 g/mol. The molecule has 1 heterocycles. The topological polar surface area (TPSA) is 29.3 Å². The van der Waals surface area contributed by atoms with Gasteiger partial charge in [0, 0.05) is 19.1 Å². The molecular formula is C14H29ClN2. The molecule has 2 nitrogen and oxygen atoms in total. The molecule has 0 aromatic carbocycles. The van der Waals surface area contributed by atoms with Crippen LogP contribution < -0.4 is 5.73 Å². The predicted molar refractivity (Wildman–Crippen MR) is 76.6 cm³/mol. The van der Waals surface area contributed by atoms with Crippen molar-refractivity contribution in [1.82, 2.24) is 4.90 Å². The third-order valence-corrected chi connectivity index (χ3v) is 4.66. The van der Waals surface area contributed by atoms with Crippen LogP contribution in [-0.4, -0.2) is 30.6 Å². The van der Waals surface area contributed by atoms with Crippen LogP contribution in [0.25, 0.3) is 0 Å². The van der Waals surface area contributed by atoms with Crippen LogP contribution >= 0.6 is 12.4 Å². The monoisotopic (exact) mass is 260 g/mol. The number of likely N-dealkylation sites (tertiary alicyclic amines) is 1. The second kappa shape index (κ2) is 6.96. The van der Waals surface area contributed by atoms with Crippen LogP contribution in [0.1, 0.15) is 46.0 Å². The fourth-order valence-corrected chi connectivity index (χ4v) is 3.70. The first-order chi connectivity index (χ1) is 7.69. The Kier molecular flexibility index (Phi) is 6.25. The molecule has 2 rings (SSSR count). The number of hydrogen-bond acceptors (Lipinski definition) is 2. The van der Waals surface area contributed by atoms with E-state index < -0.39 is 0 Å². The highest BCUT2D eigenvalue weighted by Gasteiger charge is 2.30. The fourth-order valence-electron chi connectivity index (χ4n) is 3.70. The van der Waals surface area contributed by atoms with Crippen molar-refractivity contribution in [1.29, 1.82) is 0 Å². The standard InChI is InChI=1S/C14H28N2.ClH/c1-11-4-3-5-13(6-11)9-16-10-14(8-15)7-12(16)2;/h11-14H,3-10,15H2,1-2H3;1H. The zero-order valence-corrected chi connectivity index (χ0v) is 12.2. The maximum Gasteiger partial charge on any atom is 0.00707 e. The summed E-state index contributed by atoms with van der Waals surface area (Å²) in [6.45, 7) is 8.26. The van der Waals surface area contributed by atoms with Crippen LogP contribution in [0.5, 0.6) is 0 Å². The van der Waals surface area contributed by atoms with Gasteiger partial charge in [-0.2, -0.15) is 0 Å². The molecule has 1 aliphatic heterocycles. The van der Waals surface area contributed by atoms with Crippen LogP contribution in [0.15, 0.2) is 0 Å². The van der Waals surface area contributed by atoms with Gasteiger partial charge in [0.1, 0.15) is 0 Å². The minimum atomic E-state index is 0. The van der Waals surface area contributed by atoms with Gasteiger partial charge in [-0.15, -0.1) is 12.4 Å². The summed E-state index contributed by atoms with van der Waals surface area (Å²) in [4.78, 5) is 2.69. The van der Waals surface area contributed by atoms with E-state index in [0.29, 0.717) is 0 Å². The third kappa shape index (κ3) is 4.11. The number of halogens is 1. The second-order valence-corrected chi connectivity index (χ2v) is 6.28. The van der Waals surface area contributed by atoms with E-state index in [0.717, 1.165) is 30.3 Å². The van der Waals surface area contributed by atoms with Gasteiger partial charge < -0.3 is 10.6 Å². The summed E-state index contributed by atoms with van der Waals surface area (Å²) < 4.78 is 0. The average Bonchev–Trinajstić information content (AvgIpc) is 2.60. The lowest BCUT2D eigenvalue weighted by molar-refractivity contribution is 0.173. The third-order valence-electron chi connectivity index (χ3n) is 4.66. The highest BCUT2D eigenvalue weighted by atomic mass is 35.5. The SMILES string of the molecule is CC1CCCC(CN2CC(CN)CC2C)C1.Cl. The molecule has 4 atom stereocenters. The molecule has 17 heavy (non-hydrogen) atoms. The van der Waals surface area contributed by atoms with Gasteiger partial charge in [-0.3, -0.25) is 0 Å². The van der Waals surface area contributed by atoms with Crippen molar-refractivity contribution in [3.63, 3.8) is 0 Å². The smallest absolute Gasteiger partial charge is 0.00707 e. The minimum Gasteiger partial charge on any atom is -0.330 e. The van der Waals surface area contributed by atoms with Gasteiger partial charge in [-0.05, 0) is 50.5 Å². The van der Waals surface area contributed by atoms with Crippen molar-refractivity contribution >= 4 is 12.4 Å². The Bertz CT molecular complexity index is 222. The van der Waals surface area contributed by atoms with E-state index in [1.807, 2.05) is 0 Å². The highest BCUT2D eigenvalue weighted by Crippen LogP contribution is 2.31. The normalized spacial score (nSPS) is 39.0. The highest BCUT2D eigenvalue weighted by molar-refractivity contribution is 5.85. The lowest BCUT2D eigenvalue weighted by Gasteiger charge is -2.32.